The molecule has 0 aliphatic heterocycles. The lowest BCUT2D eigenvalue weighted by Crippen LogP contribution is -2.66. The molecule has 17 heteroatoms. The highest BCUT2D eigenvalue weighted by atomic mass is 127. The van der Waals surface area contributed by atoms with Gasteiger partial charge in [0.15, 0.2) is 1.43 Å². The Hall–Kier alpha value is 10.4. The molecule has 0 fully saturated rings. The number of rotatable bonds is 7. The van der Waals surface area contributed by atoms with Crippen LogP contribution in [0.2, 0.25) is 0 Å². The van der Waals surface area contributed by atoms with Crippen LogP contribution in [0.15, 0.2) is 0 Å². The Labute approximate surface area is 351 Å². The second-order valence-electron chi connectivity index (χ2n) is 4.25. The van der Waals surface area contributed by atoms with E-state index >= 15 is 0 Å². The van der Waals surface area contributed by atoms with Crippen LogP contribution in [-0.4, -0.2) is 19.1 Å². The maximum absolute atomic E-state index is 12.0. The molecule has 0 aromatic rings. The number of hydrogen-bond acceptors (Lipinski definition) is 1. The summed E-state index contributed by atoms with van der Waals surface area (Å²) in [5.41, 5.74) is 0. The van der Waals surface area contributed by atoms with Gasteiger partial charge in [-0.1, -0.05) is 339 Å². The molecule has 1 N–H and O–H groups in total. The molecule has 0 aliphatic rings. The highest BCUT2D eigenvalue weighted by Crippen LogP contribution is 2.77. The number of carboxylic acid groups (broad SMARTS) is 1. The summed E-state index contributed by atoms with van der Waals surface area (Å²) in [6, 6.07) is 0. The van der Waals surface area contributed by atoms with Crippen molar-refractivity contribution in [2.24, 2.45) is 0 Å². The molecule has 25 heavy (non-hydrogen) atoms. The molecule has 0 aromatic heterocycles. The predicted octanol–water partition coefficient (Wildman–Crippen LogP) is 11.4. The van der Waals surface area contributed by atoms with Crippen molar-refractivity contribution < 1.29 is 9.90 Å². The van der Waals surface area contributed by atoms with Crippen molar-refractivity contribution in [1.29, 1.82) is 0 Å². The highest BCUT2D eigenvalue weighted by molar-refractivity contribution is 14.3. The average molecular weight is 2030 g/mol. The minimum atomic E-state index is -0.952. The van der Waals surface area contributed by atoms with Gasteiger partial charge in [-0.25, -0.2) is 4.79 Å². The van der Waals surface area contributed by atoms with E-state index < -0.39 is 8.83 Å². The first kappa shape index (κ1) is 35.4. The predicted molar refractivity (Wildman–Crippen MR) is 237 cm³/mol. The number of alkyl halides is 15. The Kier molecular flexibility index (Phi) is 17.7. The van der Waals surface area contributed by atoms with E-state index in [2.05, 4.69) is 339 Å². The maximum atomic E-state index is 12.0. The van der Waals surface area contributed by atoms with Crippen molar-refractivity contribution in [3.05, 3.63) is 0 Å². The molecule has 0 unspecified atom stereocenters. The largest absolute Gasteiger partial charge is 0.480 e. The minimum absolute atomic E-state index is 0.0214. The molecule has 2 nitrogen and oxygen atoms in total. The van der Waals surface area contributed by atoms with E-state index in [1.165, 1.54) is 0 Å². The zero-order chi connectivity index (χ0) is 21.1. The lowest BCUT2D eigenvalue weighted by Gasteiger charge is -2.56. The number of halogens is 15. The fourth-order valence-corrected chi connectivity index (χ4v) is 21.4. The van der Waals surface area contributed by atoms with E-state index in [9.17, 15) is 9.90 Å². The van der Waals surface area contributed by atoms with E-state index in [-0.39, 0.29) is 5.15 Å². The van der Waals surface area contributed by atoms with E-state index in [0.717, 1.165) is 0 Å². The van der Waals surface area contributed by atoms with Crippen LogP contribution < -0.4 is 0 Å². The topological polar surface area (TPSA) is 37.3 Å². The third-order valence-corrected chi connectivity index (χ3v) is 50.6. The first-order valence-electron chi connectivity index (χ1n) is 5.01. The monoisotopic (exact) mass is 2030 g/mol. The fourth-order valence-electron chi connectivity index (χ4n) is 1.10. The Bertz CT molecular complexity index is 530. The molecule has 150 valence electrons. The van der Waals surface area contributed by atoms with Gasteiger partial charge in [-0.05, 0) is 0 Å². The molecular weight excluding hydrogens is 2030 g/mol. The molecule has 0 atom stereocenters. The van der Waals surface area contributed by atoms with Crippen molar-refractivity contribution in [2.75, 3.05) is 0 Å². The molecule has 0 rings (SSSR count). The summed E-state index contributed by atoms with van der Waals surface area (Å²) >= 11 is 36.6. The minimum Gasteiger partial charge on any atom is -0.480 e. The molecule has 0 amide bonds. The summed E-state index contributed by atoms with van der Waals surface area (Å²) in [6.07, 6.45) is 0. The van der Waals surface area contributed by atoms with Gasteiger partial charge in [-0.3, -0.25) is 0 Å². The first-order chi connectivity index (χ1) is 10.4. The molecule has 0 saturated carbocycles. The van der Waals surface area contributed by atoms with E-state index in [4.69, 9.17) is 0 Å². The van der Waals surface area contributed by atoms with Gasteiger partial charge in [-0.2, -0.15) is 0 Å². The Morgan fingerprint density at radius 1 is 0.480 bits per heavy atom. The lowest BCUT2D eigenvalue weighted by atomic mass is 10.1. The van der Waals surface area contributed by atoms with Gasteiger partial charge < -0.3 is 5.11 Å². The number of aliphatic carboxylic acids is 1. The van der Waals surface area contributed by atoms with Gasteiger partial charge in [0.2, 0.25) is 0 Å². The van der Waals surface area contributed by atoms with Gasteiger partial charge in [0.1, 0.15) is 6.58 Å². The van der Waals surface area contributed by atoms with E-state index in [1.54, 1.807) is 0 Å². The van der Waals surface area contributed by atoms with Crippen LogP contribution in [0.1, 0.15) is 0 Å². The maximum Gasteiger partial charge on any atom is 0.332 e. The second kappa shape index (κ2) is 12.5. The van der Waals surface area contributed by atoms with Gasteiger partial charge >= 0.3 is 5.97 Å². The molecule has 0 heterocycles. The van der Waals surface area contributed by atoms with Crippen molar-refractivity contribution in [3.63, 3.8) is 0 Å². The molecular formula is C8HI15O2. The van der Waals surface area contributed by atoms with Crippen LogP contribution in [0.3, 0.4) is 0 Å². The van der Waals surface area contributed by atoms with Crippen LogP contribution in [-0.2, 0) is 4.79 Å². The SMILES string of the molecule is O=C(O)C(I)(I)C(I)(I)C(I)(I)C(I)(I)C(I)(I)C(I)(I)C(I)(I)I. The summed E-state index contributed by atoms with van der Waals surface area (Å²) in [5, 5.41) is 9.85. The van der Waals surface area contributed by atoms with Gasteiger partial charge in [0, 0.05) is 0 Å². The average Bonchev–Trinajstić information content (AvgIpc) is 2.35. The molecule has 0 radical (unpaired) electrons. The van der Waals surface area contributed by atoms with Gasteiger partial charge in [0.25, 0.3) is 0 Å². The zero-order valence-electron chi connectivity index (χ0n) is 10.5. The Balaban J connectivity index is 6.55. The van der Waals surface area contributed by atoms with Gasteiger partial charge in [-0.15, -0.1) is 0 Å². The van der Waals surface area contributed by atoms with Crippen molar-refractivity contribution >= 4 is 345 Å². The number of carboxylic acids is 1. The van der Waals surface area contributed by atoms with Crippen LogP contribution in [0, 0.1) is 0 Å². The fraction of sp³-hybridized carbons (Fsp3) is 0.875. The summed E-state index contributed by atoms with van der Waals surface area (Å²) in [6.45, 7) is 0. The number of hydrogen-bond donors (Lipinski definition) is 1. The second-order valence-corrected chi connectivity index (χ2v) is 47.1. The summed E-state index contributed by atoms with van der Waals surface area (Å²) < 4.78 is -2.47. The zero-order valence-corrected chi connectivity index (χ0v) is 42.9. The molecule has 0 spiro atoms. The Morgan fingerprint density at radius 3 is 0.960 bits per heavy atom. The standard InChI is InChI=1S/C8HI15O2/c9-2(10,1(24)25)3(11,12)4(13,14)5(15,16)6(17,18)7(19,20)8(21,22)23/h(H,24,25). The van der Waals surface area contributed by atoms with Crippen molar-refractivity contribution in [1.82, 2.24) is 0 Å². The highest BCUT2D eigenvalue weighted by Gasteiger charge is 2.75. The first-order valence-corrected chi connectivity index (χ1v) is 21.2. The van der Waals surface area contributed by atoms with Crippen LogP contribution in [0.4, 0.5) is 0 Å². The summed E-state index contributed by atoms with van der Waals surface area (Å²) in [4.78, 5) is 12.0. The molecule has 0 aliphatic carbocycles. The van der Waals surface area contributed by atoms with Gasteiger partial charge in [0.05, 0.1) is 0 Å². The van der Waals surface area contributed by atoms with E-state index in [1.807, 2.05) is 0 Å². The summed E-state index contributed by atoms with van der Waals surface area (Å²) in [7, 11) is 0. The molecule has 0 saturated heterocycles. The lowest BCUT2D eigenvalue weighted by molar-refractivity contribution is -0.136. The van der Waals surface area contributed by atoms with Crippen molar-refractivity contribution in [3.8, 4) is 0 Å². The smallest absolute Gasteiger partial charge is 0.332 e. The Morgan fingerprint density at radius 2 is 0.720 bits per heavy atom. The van der Waals surface area contributed by atoms with Crippen molar-refractivity contribution in [2.45, 2.75) is 8.01 Å². The third kappa shape index (κ3) is 7.30. The normalized spacial score (nSPS) is 16.1. The molecule has 0 bridgehead atoms. The number of carbonyl (C=O) groups is 1. The quantitative estimate of drug-likeness (QED) is 0.204. The van der Waals surface area contributed by atoms with Crippen LogP contribution in [0.5, 0.6) is 0 Å². The summed E-state index contributed by atoms with van der Waals surface area (Å²) in [5.74, 6) is -0.799. The molecule has 0 aromatic carbocycles. The van der Waals surface area contributed by atoms with Crippen LogP contribution in [0.25, 0.3) is 0 Å². The third-order valence-electron chi connectivity index (χ3n) is 2.60. The van der Waals surface area contributed by atoms with E-state index in [0.29, 0.717) is 0 Å². The van der Waals surface area contributed by atoms with Crippen LogP contribution >= 0.6 is 339 Å².